The van der Waals surface area contributed by atoms with Crippen LogP contribution < -0.4 is 5.32 Å². The fourth-order valence-corrected chi connectivity index (χ4v) is 3.30. The summed E-state index contributed by atoms with van der Waals surface area (Å²) < 4.78 is 0. The van der Waals surface area contributed by atoms with Gasteiger partial charge in [0.25, 0.3) is 0 Å². The molecule has 0 spiro atoms. The minimum atomic E-state index is -0.473. The van der Waals surface area contributed by atoms with Gasteiger partial charge in [-0.2, -0.15) is 0 Å². The van der Waals surface area contributed by atoms with E-state index in [9.17, 15) is 10.1 Å². The molecule has 0 unspecified atom stereocenters. The molecule has 0 amide bonds. The van der Waals surface area contributed by atoms with E-state index in [0.29, 0.717) is 10.7 Å². The highest BCUT2D eigenvalue weighted by molar-refractivity contribution is 7.99. The molecule has 0 radical (unpaired) electrons. The predicted octanol–water partition coefficient (Wildman–Crippen LogP) is 5.24. The van der Waals surface area contributed by atoms with Crippen LogP contribution in [0.1, 0.15) is 5.56 Å². The normalized spacial score (nSPS) is 10.5. The molecule has 1 aromatic heterocycles. The molecule has 6 nitrogen and oxygen atoms in total. The van der Waals surface area contributed by atoms with Gasteiger partial charge in [0.1, 0.15) is 6.33 Å². The summed E-state index contributed by atoms with van der Waals surface area (Å²) in [7, 11) is 0. The summed E-state index contributed by atoms with van der Waals surface area (Å²) >= 11 is 7.17. The molecule has 0 aliphatic rings. The Morgan fingerprint density at radius 1 is 1.16 bits per heavy atom. The van der Waals surface area contributed by atoms with Crippen molar-refractivity contribution in [1.29, 1.82) is 0 Å². The first-order chi connectivity index (χ1) is 12.0. The Hall–Kier alpha value is -2.64. The van der Waals surface area contributed by atoms with E-state index < -0.39 is 4.92 Å². The molecule has 3 aromatic rings. The molecule has 25 heavy (non-hydrogen) atoms. The summed E-state index contributed by atoms with van der Waals surface area (Å²) in [5, 5.41) is 15.5. The Morgan fingerprint density at radius 3 is 2.60 bits per heavy atom. The molecule has 1 N–H and O–H groups in total. The third kappa shape index (κ3) is 4.07. The van der Waals surface area contributed by atoms with Crippen LogP contribution in [0.5, 0.6) is 0 Å². The van der Waals surface area contributed by atoms with Crippen LogP contribution >= 0.6 is 23.4 Å². The number of nitrogens with one attached hydrogen (secondary N) is 1. The quantitative estimate of drug-likeness (QED) is 0.374. The lowest BCUT2D eigenvalue weighted by Gasteiger charge is -2.10. The summed E-state index contributed by atoms with van der Waals surface area (Å²) in [5.41, 5.74) is 1.39. The molecule has 0 atom stereocenters. The van der Waals surface area contributed by atoms with Crippen LogP contribution in [0.25, 0.3) is 0 Å². The molecule has 0 bridgehead atoms. The van der Waals surface area contributed by atoms with E-state index in [1.807, 2.05) is 37.3 Å². The van der Waals surface area contributed by atoms with E-state index in [-0.39, 0.29) is 16.5 Å². The molecule has 8 heteroatoms. The maximum atomic E-state index is 11.6. The number of aromatic nitrogens is 2. The summed E-state index contributed by atoms with van der Waals surface area (Å²) in [6.07, 6.45) is 1.31. The highest BCUT2D eigenvalue weighted by Crippen LogP contribution is 2.37. The molecule has 2 aromatic carbocycles. The van der Waals surface area contributed by atoms with Gasteiger partial charge in [-0.25, -0.2) is 9.97 Å². The minimum Gasteiger partial charge on any atom is -0.334 e. The van der Waals surface area contributed by atoms with Gasteiger partial charge in [-0.15, -0.1) is 0 Å². The van der Waals surface area contributed by atoms with Crippen molar-refractivity contribution in [3.8, 4) is 0 Å². The van der Waals surface area contributed by atoms with Crippen LogP contribution in [-0.2, 0) is 0 Å². The zero-order chi connectivity index (χ0) is 17.8. The number of hydrogen-bond acceptors (Lipinski definition) is 6. The third-order valence-electron chi connectivity index (χ3n) is 3.37. The van der Waals surface area contributed by atoms with E-state index in [4.69, 9.17) is 11.6 Å². The lowest BCUT2D eigenvalue weighted by molar-refractivity contribution is -0.387. The lowest BCUT2D eigenvalue weighted by Crippen LogP contribution is -2.03. The van der Waals surface area contributed by atoms with Gasteiger partial charge in [-0.1, -0.05) is 41.6 Å². The summed E-state index contributed by atoms with van der Waals surface area (Å²) in [6, 6.07) is 14.6. The summed E-state index contributed by atoms with van der Waals surface area (Å²) in [4.78, 5) is 20.1. The fraction of sp³-hybridized carbons (Fsp3) is 0.0588. The molecule has 0 aliphatic carbocycles. The largest absolute Gasteiger partial charge is 0.343 e. The Bertz CT molecular complexity index is 922. The lowest BCUT2D eigenvalue weighted by atomic mass is 10.2. The Kier molecular flexibility index (Phi) is 5.16. The number of aryl methyl sites for hydroxylation is 1. The first-order valence-corrected chi connectivity index (χ1v) is 8.49. The fourth-order valence-electron chi connectivity index (χ4n) is 2.19. The standard InChI is InChI=1S/C17H13ClN4O2S/c1-11-9-12(18)7-8-14(11)21-16-15(22(23)24)17(20-10-19-16)25-13-5-3-2-4-6-13/h2-10H,1H3,(H,19,20,21). The average molecular weight is 373 g/mol. The number of hydrogen-bond donors (Lipinski definition) is 1. The van der Waals surface area contributed by atoms with Crippen molar-refractivity contribution in [2.75, 3.05) is 5.32 Å². The van der Waals surface area contributed by atoms with Gasteiger partial charge in [0.05, 0.1) is 4.92 Å². The van der Waals surface area contributed by atoms with Gasteiger partial charge >= 0.3 is 5.69 Å². The van der Waals surface area contributed by atoms with Crippen molar-refractivity contribution in [3.63, 3.8) is 0 Å². The topological polar surface area (TPSA) is 81.0 Å². The van der Waals surface area contributed by atoms with Gasteiger partial charge in [0, 0.05) is 15.6 Å². The van der Waals surface area contributed by atoms with Crippen molar-refractivity contribution in [1.82, 2.24) is 9.97 Å². The molecule has 0 aliphatic heterocycles. The summed E-state index contributed by atoms with van der Waals surface area (Å²) in [6.45, 7) is 1.86. The number of rotatable bonds is 5. The Morgan fingerprint density at radius 2 is 1.92 bits per heavy atom. The molecule has 3 rings (SSSR count). The van der Waals surface area contributed by atoms with Crippen LogP contribution in [0.4, 0.5) is 17.2 Å². The molecule has 126 valence electrons. The second-order valence-electron chi connectivity index (χ2n) is 5.13. The van der Waals surface area contributed by atoms with Crippen molar-refractivity contribution < 1.29 is 4.92 Å². The van der Waals surface area contributed by atoms with E-state index in [1.54, 1.807) is 18.2 Å². The first kappa shape index (κ1) is 17.2. The second kappa shape index (κ2) is 7.50. The number of nitro groups is 1. The molecule has 0 saturated carbocycles. The van der Waals surface area contributed by atoms with Crippen LogP contribution in [0.15, 0.2) is 64.8 Å². The molecule has 0 saturated heterocycles. The minimum absolute atomic E-state index is 0.142. The second-order valence-corrected chi connectivity index (χ2v) is 6.63. The predicted molar refractivity (Wildman–Crippen MR) is 98.7 cm³/mol. The van der Waals surface area contributed by atoms with Crippen LogP contribution in [-0.4, -0.2) is 14.9 Å². The van der Waals surface area contributed by atoms with Crippen molar-refractivity contribution >= 4 is 40.6 Å². The number of halogens is 1. The van der Waals surface area contributed by atoms with Crippen molar-refractivity contribution in [3.05, 3.63) is 75.6 Å². The van der Waals surface area contributed by atoms with Crippen molar-refractivity contribution in [2.24, 2.45) is 0 Å². The molecular formula is C17H13ClN4O2S. The van der Waals surface area contributed by atoms with Crippen LogP contribution in [0.2, 0.25) is 5.02 Å². The maximum Gasteiger partial charge on any atom is 0.343 e. The van der Waals surface area contributed by atoms with E-state index in [0.717, 1.165) is 10.5 Å². The van der Waals surface area contributed by atoms with Gasteiger partial charge in [0.15, 0.2) is 5.03 Å². The molecule has 1 heterocycles. The Balaban J connectivity index is 1.99. The smallest absolute Gasteiger partial charge is 0.334 e. The number of benzene rings is 2. The Labute approximate surface area is 153 Å². The SMILES string of the molecule is Cc1cc(Cl)ccc1Nc1ncnc(Sc2ccccc2)c1[N+](=O)[O-]. The van der Waals surface area contributed by atoms with Crippen LogP contribution in [0, 0.1) is 17.0 Å². The van der Waals surface area contributed by atoms with Gasteiger partial charge in [-0.3, -0.25) is 10.1 Å². The molecular weight excluding hydrogens is 360 g/mol. The number of anilines is 2. The summed E-state index contributed by atoms with van der Waals surface area (Å²) in [5.74, 6) is 0.142. The zero-order valence-corrected chi connectivity index (χ0v) is 14.7. The van der Waals surface area contributed by atoms with E-state index in [1.165, 1.54) is 18.1 Å². The van der Waals surface area contributed by atoms with Gasteiger partial charge < -0.3 is 5.32 Å². The molecule has 0 fully saturated rings. The van der Waals surface area contributed by atoms with Gasteiger partial charge in [0.2, 0.25) is 5.82 Å². The zero-order valence-electron chi connectivity index (χ0n) is 13.1. The highest BCUT2D eigenvalue weighted by Gasteiger charge is 2.24. The third-order valence-corrected chi connectivity index (χ3v) is 4.61. The van der Waals surface area contributed by atoms with E-state index >= 15 is 0 Å². The number of nitrogens with zero attached hydrogens (tertiary/aromatic N) is 3. The van der Waals surface area contributed by atoms with Crippen LogP contribution in [0.3, 0.4) is 0 Å². The van der Waals surface area contributed by atoms with Crippen molar-refractivity contribution in [2.45, 2.75) is 16.8 Å². The highest BCUT2D eigenvalue weighted by atomic mass is 35.5. The van der Waals surface area contributed by atoms with E-state index in [2.05, 4.69) is 15.3 Å². The average Bonchev–Trinajstić information content (AvgIpc) is 2.58. The monoisotopic (exact) mass is 372 g/mol. The first-order valence-electron chi connectivity index (χ1n) is 7.30. The van der Waals surface area contributed by atoms with Gasteiger partial charge in [-0.05, 0) is 42.8 Å². The maximum absolute atomic E-state index is 11.6.